The zero-order valence-corrected chi connectivity index (χ0v) is 54.8. The van der Waals surface area contributed by atoms with Crippen molar-refractivity contribution >= 4 is 5.91 Å². The highest BCUT2D eigenvalue weighted by Gasteiger charge is 2.53. The number of nitrogens with one attached hydrogen (secondary N) is 1. The standard InChI is InChI=1S/C72H119NO18/c1-3-5-7-9-11-13-15-17-19-21-22-23-24-25-26-27-28-29-30-31-32-34-36-38-40-42-44-46-48-50-60(78)73-55(56(77)49-47-45-43-41-39-37-35-33-20-18-16-14-12-10-8-6-4-2)54-86-70-66(84)63(81)68(58(52-75)88-70)91-72-67(85)64(82)69(59(53-76)89-72)90-71-65(83)62(80)61(79)57(51-74)87-71/h5,7,11,13,17,19,22-23,25-26,28-29,31-32,36,38-39,41,47,49,55-59,61-72,74-77,79-85H,3-4,6,8-10,12,14-16,18,20-21,24,27,30,33-35,37,40,42-46,48,50-54H2,1-2H3,(H,73,78)/b7-5-,13-11-,19-17-,23-22-,26-25-,29-28-,32-31-,38-36-,41-39+,49-47+. The number of carbonyl (C=O) groups excluding carboxylic acids is 1. The monoisotopic (exact) mass is 1290 g/mol. The molecule has 0 saturated carbocycles. The molecule has 3 rings (SSSR count). The molecule has 3 heterocycles. The lowest BCUT2D eigenvalue weighted by Gasteiger charge is -2.48. The zero-order chi connectivity index (χ0) is 66.1. The normalized spacial score (nSPS) is 28.6. The van der Waals surface area contributed by atoms with Crippen LogP contribution in [0.5, 0.6) is 0 Å². The van der Waals surface area contributed by atoms with Crippen LogP contribution in [0, 0.1) is 0 Å². The van der Waals surface area contributed by atoms with Gasteiger partial charge in [0.05, 0.1) is 38.6 Å². The summed E-state index contributed by atoms with van der Waals surface area (Å²) in [6.45, 7) is 1.55. The highest BCUT2D eigenvalue weighted by atomic mass is 16.8. The van der Waals surface area contributed by atoms with E-state index in [0.717, 1.165) is 96.3 Å². The highest BCUT2D eigenvalue weighted by Crippen LogP contribution is 2.33. The van der Waals surface area contributed by atoms with Crippen LogP contribution in [0.4, 0.5) is 0 Å². The van der Waals surface area contributed by atoms with Gasteiger partial charge in [0, 0.05) is 6.42 Å². The summed E-state index contributed by atoms with van der Waals surface area (Å²) in [6, 6.07) is -1.01. The Bertz CT molecular complexity index is 2120. The van der Waals surface area contributed by atoms with Gasteiger partial charge in [-0.3, -0.25) is 4.79 Å². The van der Waals surface area contributed by atoms with E-state index in [4.69, 9.17) is 28.4 Å². The van der Waals surface area contributed by atoms with Crippen molar-refractivity contribution in [3.05, 3.63) is 122 Å². The van der Waals surface area contributed by atoms with Crippen LogP contribution in [0.3, 0.4) is 0 Å². The molecule has 0 aromatic carbocycles. The van der Waals surface area contributed by atoms with Crippen molar-refractivity contribution < 1.29 is 89.4 Å². The summed E-state index contributed by atoms with van der Waals surface area (Å²) in [5.74, 6) is -0.316. The molecule has 91 heavy (non-hydrogen) atoms. The van der Waals surface area contributed by atoms with Gasteiger partial charge in [-0.1, -0.05) is 212 Å². The molecule has 17 atom stereocenters. The molecule has 17 unspecified atom stereocenters. The van der Waals surface area contributed by atoms with Gasteiger partial charge in [0.2, 0.25) is 5.91 Å². The fourth-order valence-corrected chi connectivity index (χ4v) is 10.7. The van der Waals surface area contributed by atoms with Crippen molar-refractivity contribution in [1.82, 2.24) is 5.32 Å². The molecule has 0 aliphatic carbocycles. The Labute approximate surface area is 544 Å². The van der Waals surface area contributed by atoms with Crippen LogP contribution in [0.2, 0.25) is 0 Å². The van der Waals surface area contributed by atoms with Crippen molar-refractivity contribution in [2.24, 2.45) is 0 Å². The number of carbonyl (C=O) groups is 1. The Hall–Kier alpha value is -3.81. The first-order valence-electron chi connectivity index (χ1n) is 34.3. The third-order valence-corrected chi connectivity index (χ3v) is 16.2. The van der Waals surface area contributed by atoms with Crippen LogP contribution in [-0.4, -0.2) is 193 Å². The van der Waals surface area contributed by atoms with E-state index in [1.165, 1.54) is 64.2 Å². The predicted octanol–water partition coefficient (Wildman–Crippen LogP) is 8.82. The first kappa shape index (κ1) is 81.4. The number of rotatable bonds is 50. The summed E-state index contributed by atoms with van der Waals surface area (Å²) in [5, 5.41) is 120. The quantitative estimate of drug-likeness (QED) is 0.0200. The fourth-order valence-electron chi connectivity index (χ4n) is 10.7. The number of hydrogen-bond acceptors (Lipinski definition) is 18. The van der Waals surface area contributed by atoms with Crippen molar-refractivity contribution in [3.8, 4) is 0 Å². The third kappa shape index (κ3) is 34.4. The molecule has 3 fully saturated rings. The molecule has 520 valence electrons. The molecule has 0 aromatic rings. The van der Waals surface area contributed by atoms with Gasteiger partial charge >= 0.3 is 0 Å². The van der Waals surface area contributed by atoms with Crippen molar-refractivity contribution in [2.45, 2.75) is 298 Å². The molecule has 1 amide bonds. The minimum Gasteiger partial charge on any atom is -0.394 e. The van der Waals surface area contributed by atoms with E-state index in [9.17, 15) is 61.0 Å². The first-order chi connectivity index (χ1) is 44.3. The van der Waals surface area contributed by atoms with Gasteiger partial charge in [0.25, 0.3) is 0 Å². The number of unbranched alkanes of at least 4 members (excludes halogenated alkanes) is 16. The largest absolute Gasteiger partial charge is 0.394 e. The van der Waals surface area contributed by atoms with Crippen molar-refractivity contribution in [2.75, 3.05) is 26.4 Å². The average Bonchev–Trinajstić information content (AvgIpc) is 0.884. The maximum atomic E-state index is 13.4. The van der Waals surface area contributed by atoms with Crippen LogP contribution in [0.1, 0.15) is 194 Å². The number of aliphatic hydroxyl groups is 11. The van der Waals surface area contributed by atoms with E-state index >= 15 is 0 Å². The molecular weight excluding hydrogens is 1170 g/mol. The van der Waals surface area contributed by atoms with Gasteiger partial charge < -0.3 is 89.9 Å². The van der Waals surface area contributed by atoms with Gasteiger partial charge in [0.1, 0.15) is 73.2 Å². The third-order valence-electron chi connectivity index (χ3n) is 16.2. The summed E-state index contributed by atoms with van der Waals surface area (Å²) in [4.78, 5) is 13.4. The van der Waals surface area contributed by atoms with Gasteiger partial charge in [0.15, 0.2) is 18.9 Å². The summed E-state index contributed by atoms with van der Waals surface area (Å²) in [5.41, 5.74) is 0. The Morgan fingerprint density at radius 1 is 0.407 bits per heavy atom. The van der Waals surface area contributed by atoms with E-state index < -0.39 is 124 Å². The Morgan fingerprint density at radius 3 is 1.23 bits per heavy atom. The Morgan fingerprint density at radius 2 is 0.769 bits per heavy atom. The maximum Gasteiger partial charge on any atom is 0.220 e. The SMILES string of the molecule is CC/C=C\C/C=C\C/C=C\C/C=C\C/C=C\C/C=C\C/C=C\C/C=C\CCCCCCC(=O)NC(COC1OC(CO)C(OC2OC(CO)C(OC3OC(CO)C(O)C(O)C3O)C(O)C2O)C(O)C1O)C(O)/C=C/CC/C=C/CCCCCCCCCCCCC. The molecule has 3 aliphatic rings. The maximum absolute atomic E-state index is 13.4. The number of amides is 1. The Kier molecular flexibility index (Phi) is 46.9. The number of hydrogen-bond donors (Lipinski definition) is 12. The lowest BCUT2D eigenvalue weighted by molar-refractivity contribution is -0.379. The second-order valence-electron chi connectivity index (χ2n) is 23.9. The fraction of sp³-hybridized carbons (Fsp3) is 0.708. The highest BCUT2D eigenvalue weighted by molar-refractivity contribution is 5.76. The van der Waals surface area contributed by atoms with Gasteiger partial charge in [-0.05, 0) is 96.3 Å². The van der Waals surface area contributed by atoms with Crippen LogP contribution in [0.15, 0.2) is 122 Å². The molecule has 0 aromatic heterocycles. The van der Waals surface area contributed by atoms with Gasteiger partial charge in [-0.2, -0.15) is 0 Å². The van der Waals surface area contributed by atoms with Crippen LogP contribution in [0.25, 0.3) is 0 Å². The van der Waals surface area contributed by atoms with Crippen molar-refractivity contribution in [3.63, 3.8) is 0 Å². The summed E-state index contributed by atoms with van der Waals surface area (Å²) >= 11 is 0. The zero-order valence-electron chi connectivity index (χ0n) is 54.8. The van der Waals surface area contributed by atoms with E-state index in [0.29, 0.717) is 12.8 Å². The number of allylic oxidation sites excluding steroid dienone is 19. The Balaban J connectivity index is 1.46. The molecular formula is C72H119NO18. The van der Waals surface area contributed by atoms with E-state index in [-0.39, 0.29) is 18.9 Å². The predicted molar refractivity (Wildman–Crippen MR) is 355 cm³/mol. The molecule has 0 radical (unpaired) electrons. The topological polar surface area (TPSA) is 307 Å². The molecule has 3 aliphatic heterocycles. The second kappa shape index (κ2) is 52.5. The lowest BCUT2D eigenvalue weighted by Crippen LogP contribution is -2.66. The summed E-state index contributed by atoms with van der Waals surface area (Å²) in [7, 11) is 0. The van der Waals surface area contributed by atoms with Crippen LogP contribution < -0.4 is 5.32 Å². The summed E-state index contributed by atoms with van der Waals surface area (Å²) < 4.78 is 34.3. The van der Waals surface area contributed by atoms with Gasteiger partial charge in [-0.15, -0.1) is 0 Å². The van der Waals surface area contributed by atoms with Crippen LogP contribution >= 0.6 is 0 Å². The van der Waals surface area contributed by atoms with E-state index in [2.05, 4.69) is 129 Å². The molecule has 12 N–H and O–H groups in total. The minimum absolute atomic E-state index is 0.197. The second-order valence-corrected chi connectivity index (χ2v) is 23.9. The molecule has 19 nitrogen and oxygen atoms in total. The first-order valence-corrected chi connectivity index (χ1v) is 34.3. The smallest absolute Gasteiger partial charge is 0.220 e. The van der Waals surface area contributed by atoms with Gasteiger partial charge in [-0.25, -0.2) is 0 Å². The number of ether oxygens (including phenoxy) is 6. The molecule has 3 saturated heterocycles. The van der Waals surface area contributed by atoms with Crippen molar-refractivity contribution in [1.29, 1.82) is 0 Å². The molecule has 0 bridgehead atoms. The lowest BCUT2D eigenvalue weighted by atomic mass is 9.96. The molecule has 0 spiro atoms. The number of aliphatic hydroxyl groups excluding tert-OH is 11. The van der Waals surface area contributed by atoms with E-state index in [1.807, 2.05) is 6.08 Å². The van der Waals surface area contributed by atoms with E-state index in [1.54, 1.807) is 6.08 Å². The molecule has 19 heteroatoms. The average molecular weight is 1290 g/mol. The van der Waals surface area contributed by atoms with Crippen LogP contribution in [-0.2, 0) is 33.2 Å². The summed E-state index contributed by atoms with van der Waals surface area (Å²) in [6.07, 6.45) is 44.5. The minimum atomic E-state index is -1.99.